The van der Waals surface area contributed by atoms with E-state index in [9.17, 15) is 9.90 Å². The van der Waals surface area contributed by atoms with Crippen LogP contribution in [0.5, 0.6) is 0 Å². The maximum atomic E-state index is 13.1. The van der Waals surface area contributed by atoms with Gasteiger partial charge in [0.15, 0.2) is 5.78 Å². The molecule has 0 radical (unpaired) electrons. The van der Waals surface area contributed by atoms with E-state index in [1.54, 1.807) is 0 Å². The molecule has 0 aromatic carbocycles. The molecule has 4 heteroatoms. The van der Waals surface area contributed by atoms with Gasteiger partial charge in [0.1, 0.15) is 23.6 Å². The van der Waals surface area contributed by atoms with Gasteiger partial charge in [0.2, 0.25) is 0 Å². The second kappa shape index (κ2) is 3.96. The van der Waals surface area contributed by atoms with Crippen molar-refractivity contribution in [2.24, 2.45) is 22.7 Å². The van der Waals surface area contributed by atoms with Gasteiger partial charge < -0.3 is 14.6 Å². The fraction of sp³-hybridized carbons (Fsp3) is 0.833. The Morgan fingerprint density at radius 3 is 2.59 bits per heavy atom. The summed E-state index contributed by atoms with van der Waals surface area (Å²) in [7, 11) is 0. The first kappa shape index (κ1) is 14.7. The first-order chi connectivity index (χ1) is 10.1. The summed E-state index contributed by atoms with van der Waals surface area (Å²) >= 11 is 0. The lowest BCUT2D eigenvalue weighted by Crippen LogP contribution is -2.70. The average Bonchev–Trinajstić information content (AvgIpc) is 2.67. The van der Waals surface area contributed by atoms with E-state index in [0.717, 1.165) is 18.6 Å². The highest BCUT2D eigenvalue weighted by atomic mass is 16.5. The summed E-state index contributed by atoms with van der Waals surface area (Å²) in [6, 6.07) is 0. The number of aliphatic hydroxyl groups excluding tert-OH is 1. The van der Waals surface area contributed by atoms with Crippen LogP contribution in [0.2, 0.25) is 0 Å². The minimum Gasteiger partial charge on any atom is -0.494 e. The summed E-state index contributed by atoms with van der Waals surface area (Å²) < 4.78 is 12.4. The molecule has 122 valence electrons. The Hall–Kier alpha value is -0.870. The van der Waals surface area contributed by atoms with Crippen LogP contribution in [0.1, 0.15) is 47.5 Å². The summed E-state index contributed by atoms with van der Waals surface area (Å²) in [5.41, 5.74) is -1.29. The molecule has 2 aliphatic carbocycles. The molecule has 22 heavy (non-hydrogen) atoms. The first-order valence-corrected chi connectivity index (χ1v) is 8.40. The second-order valence-corrected chi connectivity index (χ2v) is 8.75. The van der Waals surface area contributed by atoms with Gasteiger partial charge in [-0.2, -0.15) is 0 Å². The van der Waals surface area contributed by atoms with Crippen LogP contribution in [0, 0.1) is 22.7 Å². The lowest BCUT2D eigenvalue weighted by molar-refractivity contribution is -0.227. The van der Waals surface area contributed by atoms with Crippen molar-refractivity contribution in [3.63, 3.8) is 0 Å². The zero-order chi connectivity index (χ0) is 16.1. The van der Waals surface area contributed by atoms with Gasteiger partial charge in [-0.15, -0.1) is 0 Å². The standard InChI is InChI=1S/C18H26O4/c1-9-8-10-13-17(4)11(21-10)6-7-16(2,3)14(17)12(19)15(20)18(13,5)22-9/h8-9,11,13-15,20H,6-7H2,1-5H3/t9-,11+,13+,14+,15+,17-,18+/m1/s1. The molecule has 0 aromatic heterocycles. The van der Waals surface area contributed by atoms with Gasteiger partial charge >= 0.3 is 0 Å². The van der Waals surface area contributed by atoms with E-state index in [2.05, 4.69) is 20.8 Å². The second-order valence-electron chi connectivity index (χ2n) is 8.75. The van der Waals surface area contributed by atoms with E-state index < -0.39 is 11.7 Å². The van der Waals surface area contributed by atoms with Gasteiger partial charge in [0.25, 0.3) is 0 Å². The predicted molar refractivity (Wildman–Crippen MR) is 81.0 cm³/mol. The van der Waals surface area contributed by atoms with Crippen molar-refractivity contribution >= 4 is 5.78 Å². The van der Waals surface area contributed by atoms with Gasteiger partial charge in [0.05, 0.1) is 12.0 Å². The Balaban J connectivity index is 1.96. The molecular formula is C18H26O4. The molecular weight excluding hydrogens is 280 g/mol. The first-order valence-electron chi connectivity index (χ1n) is 8.40. The van der Waals surface area contributed by atoms with Gasteiger partial charge in [-0.1, -0.05) is 20.8 Å². The van der Waals surface area contributed by atoms with Crippen molar-refractivity contribution in [2.45, 2.75) is 71.4 Å². The minimum absolute atomic E-state index is 0.0431. The maximum Gasteiger partial charge on any atom is 0.168 e. The molecule has 2 aliphatic heterocycles. The van der Waals surface area contributed by atoms with Crippen LogP contribution >= 0.6 is 0 Å². The van der Waals surface area contributed by atoms with E-state index in [0.29, 0.717) is 0 Å². The number of rotatable bonds is 0. The average molecular weight is 306 g/mol. The maximum absolute atomic E-state index is 13.1. The molecule has 2 saturated carbocycles. The number of carbonyl (C=O) groups is 1. The van der Waals surface area contributed by atoms with Crippen LogP contribution < -0.4 is 0 Å². The van der Waals surface area contributed by atoms with Crippen LogP contribution in [0.4, 0.5) is 0 Å². The van der Waals surface area contributed by atoms with Gasteiger partial charge in [-0.25, -0.2) is 0 Å². The highest BCUT2D eigenvalue weighted by Gasteiger charge is 2.74. The molecule has 4 rings (SSSR count). The highest BCUT2D eigenvalue weighted by molar-refractivity contribution is 5.90. The lowest BCUT2D eigenvalue weighted by Gasteiger charge is -2.60. The van der Waals surface area contributed by atoms with E-state index in [1.165, 1.54) is 0 Å². The van der Waals surface area contributed by atoms with Crippen LogP contribution in [0.15, 0.2) is 11.8 Å². The predicted octanol–water partition coefficient (Wildman–Crippen LogP) is 2.45. The van der Waals surface area contributed by atoms with Crippen molar-refractivity contribution < 1.29 is 19.4 Å². The van der Waals surface area contributed by atoms with Crippen molar-refractivity contribution in [3.05, 3.63) is 11.8 Å². The Morgan fingerprint density at radius 1 is 1.23 bits per heavy atom. The Morgan fingerprint density at radius 2 is 1.91 bits per heavy atom. The molecule has 7 atom stereocenters. The fourth-order valence-electron chi connectivity index (χ4n) is 6.19. The molecule has 1 saturated heterocycles. The van der Waals surface area contributed by atoms with Crippen molar-refractivity contribution in [1.29, 1.82) is 0 Å². The van der Waals surface area contributed by atoms with E-state index >= 15 is 0 Å². The van der Waals surface area contributed by atoms with Crippen LogP contribution in [-0.2, 0) is 14.3 Å². The third kappa shape index (κ3) is 1.44. The molecule has 4 aliphatic rings. The number of aliphatic hydroxyl groups is 1. The van der Waals surface area contributed by atoms with Crippen LogP contribution in [0.25, 0.3) is 0 Å². The van der Waals surface area contributed by atoms with Gasteiger partial charge in [-0.3, -0.25) is 4.79 Å². The number of ether oxygens (including phenoxy) is 2. The fourth-order valence-corrected chi connectivity index (χ4v) is 6.19. The molecule has 0 spiro atoms. The Bertz CT molecular complexity index is 580. The number of carbonyl (C=O) groups excluding carboxylic acids is 1. The summed E-state index contributed by atoms with van der Waals surface area (Å²) in [4.78, 5) is 13.1. The normalized spacial score (nSPS) is 55.3. The van der Waals surface area contributed by atoms with E-state index in [1.807, 2.05) is 19.9 Å². The number of ketones is 1. The van der Waals surface area contributed by atoms with Crippen LogP contribution in [0.3, 0.4) is 0 Å². The Labute approximate surface area is 131 Å². The lowest BCUT2D eigenvalue weighted by atomic mass is 9.44. The quantitative estimate of drug-likeness (QED) is 0.747. The van der Waals surface area contributed by atoms with E-state index in [4.69, 9.17) is 9.47 Å². The largest absolute Gasteiger partial charge is 0.494 e. The third-order valence-corrected chi connectivity index (χ3v) is 6.84. The highest BCUT2D eigenvalue weighted by Crippen LogP contribution is 2.68. The molecule has 2 heterocycles. The molecule has 0 amide bonds. The molecule has 3 fully saturated rings. The number of hydrogen-bond acceptors (Lipinski definition) is 4. The van der Waals surface area contributed by atoms with Crippen molar-refractivity contribution in [2.75, 3.05) is 0 Å². The number of hydrogen-bond donors (Lipinski definition) is 1. The SMILES string of the molecule is C[C@@H]1C=C2O[C@H]3CCC(C)(C)[C@@H]4C(=O)[C@H](O)[C@@](C)(O1)[C@@H]2[C@@]34C. The van der Waals surface area contributed by atoms with Gasteiger partial charge in [0, 0.05) is 11.3 Å². The number of Topliss-reactive ketones (excluding diaryl/α,β-unsaturated/α-hetero) is 1. The van der Waals surface area contributed by atoms with Crippen molar-refractivity contribution in [3.8, 4) is 0 Å². The smallest absolute Gasteiger partial charge is 0.168 e. The monoisotopic (exact) mass is 306 g/mol. The summed E-state index contributed by atoms with van der Waals surface area (Å²) in [6.45, 7) is 10.3. The molecule has 4 nitrogen and oxygen atoms in total. The third-order valence-electron chi connectivity index (χ3n) is 6.84. The molecule has 0 bridgehead atoms. The molecule has 1 N–H and O–H groups in total. The van der Waals surface area contributed by atoms with Crippen molar-refractivity contribution in [1.82, 2.24) is 0 Å². The molecule has 0 unspecified atom stereocenters. The molecule has 0 aromatic rings. The van der Waals surface area contributed by atoms with Crippen LogP contribution in [-0.4, -0.2) is 34.8 Å². The zero-order valence-electron chi connectivity index (χ0n) is 14.1. The summed E-state index contributed by atoms with van der Waals surface area (Å²) in [5.74, 6) is 0.645. The summed E-state index contributed by atoms with van der Waals surface area (Å²) in [6.07, 6.45) is 2.76. The topological polar surface area (TPSA) is 55.8 Å². The van der Waals surface area contributed by atoms with E-state index in [-0.39, 0.29) is 40.7 Å². The van der Waals surface area contributed by atoms with Gasteiger partial charge in [-0.05, 0) is 38.2 Å². The zero-order valence-corrected chi connectivity index (χ0v) is 14.1. The minimum atomic E-state index is -1.08. The Kier molecular flexibility index (Phi) is 2.65. The summed E-state index contributed by atoms with van der Waals surface area (Å²) in [5, 5.41) is 10.8.